The molecule has 2 unspecified atom stereocenters. The molecule has 1 saturated heterocycles. The van der Waals surface area contributed by atoms with Crippen LogP contribution in [0.25, 0.3) is 0 Å². The normalized spacial score (nSPS) is 24.3. The Balaban J connectivity index is 2.13. The average Bonchev–Trinajstić information content (AvgIpc) is 2.83. The van der Waals surface area contributed by atoms with E-state index in [0.717, 1.165) is 25.8 Å². The monoisotopic (exact) mass is 270 g/mol. The highest BCUT2D eigenvalue weighted by Gasteiger charge is 2.31. The van der Waals surface area contributed by atoms with Crippen molar-refractivity contribution in [3.05, 3.63) is 23.1 Å². The van der Waals surface area contributed by atoms with E-state index in [4.69, 9.17) is 21.8 Å². The molecule has 2 atom stereocenters. The van der Waals surface area contributed by atoms with Gasteiger partial charge < -0.3 is 15.1 Å². The van der Waals surface area contributed by atoms with Crippen LogP contribution in [0.15, 0.2) is 16.7 Å². The summed E-state index contributed by atoms with van der Waals surface area (Å²) in [5.74, 6) is 0.598. The first-order valence-corrected chi connectivity index (χ1v) is 6.79. The Morgan fingerprint density at radius 3 is 3.00 bits per heavy atom. The highest BCUT2D eigenvalue weighted by molar-refractivity contribution is 6.32. The van der Waals surface area contributed by atoms with Gasteiger partial charge in [0.1, 0.15) is 0 Å². The van der Waals surface area contributed by atoms with Gasteiger partial charge in [0, 0.05) is 19.1 Å². The molecule has 1 amide bonds. The number of furan rings is 1. The van der Waals surface area contributed by atoms with E-state index in [1.165, 1.54) is 6.26 Å². The summed E-state index contributed by atoms with van der Waals surface area (Å²) >= 11 is 5.86. The third-order valence-corrected chi connectivity index (χ3v) is 4.08. The maximum Gasteiger partial charge on any atom is 0.259 e. The summed E-state index contributed by atoms with van der Waals surface area (Å²) in [6, 6.07) is 1.73. The molecule has 0 saturated carbocycles. The second-order valence-corrected chi connectivity index (χ2v) is 5.14. The van der Waals surface area contributed by atoms with Crippen molar-refractivity contribution in [1.82, 2.24) is 4.90 Å². The summed E-state index contributed by atoms with van der Waals surface area (Å²) in [6.45, 7) is 3.43. The van der Waals surface area contributed by atoms with Gasteiger partial charge in [0.25, 0.3) is 5.91 Å². The molecule has 5 heteroatoms. The predicted octanol–water partition coefficient (Wildman–Crippen LogP) is 2.52. The topological polar surface area (TPSA) is 59.5 Å². The number of nitrogens with zero attached hydrogens (tertiary/aromatic N) is 1. The van der Waals surface area contributed by atoms with Crippen LogP contribution in [-0.4, -0.2) is 29.9 Å². The van der Waals surface area contributed by atoms with Gasteiger partial charge in [-0.2, -0.15) is 0 Å². The minimum absolute atomic E-state index is 0.0706. The molecule has 1 aliphatic heterocycles. The smallest absolute Gasteiger partial charge is 0.259 e. The van der Waals surface area contributed by atoms with Gasteiger partial charge in [-0.3, -0.25) is 4.79 Å². The van der Waals surface area contributed by atoms with Gasteiger partial charge in [0.05, 0.1) is 11.8 Å². The van der Waals surface area contributed by atoms with Crippen LogP contribution in [0.5, 0.6) is 0 Å². The highest BCUT2D eigenvalue weighted by atomic mass is 35.5. The number of amides is 1. The van der Waals surface area contributed by atoms with Crippen molar-refractivity contribution in [3.63, 3.8) is 0 Å². The Hall–Kier alpha value is -1.00. The fourth-order valence-electron chi connectivity index (χ4n) is 2.60. The molecule has 0 radical (unpaired) electrons. The van der Waals surface area contributed by atoms with E-state index >= 15 is 0 Å². The molecule has 100 valence electrons. The third kappa shape index (κ3) is 2.54. The Kier molecular flexibility index (Phi) is 4.30. The number of hydrogen-bond acceptors (Lipinski definition) is 3. The minimum atomic E-state index is -0.0706. The van der Waals surface area contributed by atoms with Crippen LogP contribution in [0.3, 0.4) is 0 Å². The van der Waals surface area contributed by atoms with Crippen LogP contribution in [0.1, 0.15) is 36.5 Å². The summed E-state index contributed by atoms with van der Waals surface area (Å²) in [7, 11) is 0. The molecule has 2 heterocycles. The molecule has 1 aromatic rings. The van der Waals surface area contributed by atoms with Crippen LogP contribution >= 0.6 is 11.6 Å². The maximum absolute atomic E-state index is 12.4. The van der Waals surface area contributed by atoms with Crippen LogP contribution in [0, 0.1) is 5.92 Å². The predicted molar refractivity (Wildman–Crippen MR) is 70.6 cm³/mol. The number of nitrogens with two attached hydrogens (primary N) is 1. The largest absolute Gasteiger partial charge is 0.452 e. The van der Waals surface area contributed by atoms with Crippen LogP contribution in [0.2, 0.25) is 5.22 Å². The molecule has 0 bridgehead atoms. The fourth-order valence-corrected chi connectivity index (χ4v) is 2.79. The molecule has 1 aliphatic rings. The summed E-state index contributed by atoms with van der Waals surface area (Å²) in [5.41, 5.74) is 6.22. The minimum Gasteiger partial charge on any atom is -0.452 e. The Labute approximate surface area is 112 Å². The van der Waals surface area contributed by atoms with Crippen molar-refractivity contribution in [1.29, 1.82) is 0 Å². The molecule has 0 aromatic carbocycles. The van der Waals surface area contributed by atoms with Crippen molar-refractivity contribution in [2.24, 2.45) is 11.7 Å². The summed E-state index contributed by atoms with van der Waals surface area (Å²) < 4.78 is 4.97. The molecule has 2 rings (SSSR count). The zero-order chi connectivity index (χ0) is 13.1. The number of likely N-dealkylation sites (tertiary alicyclic amines) is 1. The number of carbonyl (C=O) groups excluding carboxylic acids is 1. The Morgan fingerprint density at radius 2 is 2.44 bits per heavy atom. The van der Waals surface area contributed by atoms with Crippen molar-refractivity contribution < 1.29 is 9.21 Å². The second-order valence-electron chi connectivity index (χ2n) is 4.79. The first-order chi connectivity index (χ1) is 8.67. The zero-order valence-electron chi connectivity index (χ0n) is 10.6. The van der Waals surface area contributed by atoms with Crippen molar-refractivity contribution >= 4 is 17.5 Å². The number of rotatable bonds is 3. The van der Waals surface area contributed by atoms with E-state index in [0.29, 0.717) is 18.0 Å². The van der Waals surface area contributed by atoms with Gasteiger partial charge in [-0.15, -0.1) is 0 Å². The summed E-state index contributed by atoms with van der Waals surface area (Å²) in [4.78, 5) is 14.2. The van der Waals surface area contributed by atoms with E-state index in [9.17, 15) is 4.79 Å². The van der Waals surface area contributed by atoms with Gasteiger partial charge in [-0.05, 0) is 36.4 Å². The van der Waals surface area contributed by atoms with Crippen molar-refractivity contribution in [2.75, 3.05) is 13.1 Å². The van der Waals surface area contributed by atoms with Gasteiger partial charge in [0.2, 0.25) is 5.22 Å². The molecule has 1 aromatic heterocycles. The second kappa shape index (κ2) is 5.76. The van der Waals surface area contributed by atoms with Crippen molar-refractivity contribution in [2.45, 2.75) is 32.2 Å². The number of halogens is 1. The van der Waals surface area contributed by atoms with Gasteiger partial charge in [-0.25, -0.2) is 0 Å². The lowest BCUT2D eigenvalue weighted by Gasteiger charge is -2.38. The first kappa shape index (κ1) is 13.4. The molecule has 4 nitrogen and oxygen atoms in total. The summed E-state index contributed by atoms with van der Waals surface area (Å²) in [6.07, 6.45) is 4.60. The van der Waals surface area contributed by atoms with Crippen LogP contribution in [0.4, 0.5) is 0 Å². The van der Waals surface area contributed by atoms with Gasteiger partial charge in [0.15, 0.2) is 0 Å². The van der Waals surface area contributed by atoms with E-state index < -0.39 is 0 Å². The van der Waals surface area contributed by atoms with Gasteiger partial charge in [-0.1, -0.05) is 13.3 Å². The van der Waals surface area contributed by atoms with Gasteiger partial charge >= 0.3 is 0 Å². The number of carbonyl (C=O) groups is 1. The van der Waals surface area contributed by atoms with E-state index in [-0.39, 0.29) is 17.2 Å². The van der Waals surface area contributed by atoms with E-state index in [2.05, 4.69) is 6.92 Å². The summed E-state index contributed by atoms with van der Waals surface area (Å²) in [5, 5.41) is 0.161. The van der Waals surface area contributed by atoms with E-state index in [1.54, 1.807) is 6.07 Å². The maximum atomic E-state index is 12.4. The lowest BCUT2D eigenvalue weighted by atomic mass is 9.88. The third-order valence-electron chi connectivity index (χ3n) is 3.78. The zero-order valence-corrected chi connectivity index (χ0v) is 11.3. The number of hydrogen-bond donors (Lipinski definition) is 1. The SMILES string of the molecule is CCC1CCN(C(=O)c2ccoc2Cl)C(CN)C1. The van der Waals surface area contributed by atoms with E-state index in [1.807, 2.05) is 4.90 Å². The van der Waals surface area contributed by atoms with Crippen LogP contribution in [-0.2, 0) is 0 Å². The molecule has 0 spiro atoms. The molecule has 2 N–H and O–H groups in total. The number of piperidine rings is 1. The van der Waals surface area contributed by atoms with Crippen molar-refractivity contribution in [3.8, 4) is 0 Å². The Morgan fingerprint density at radius 1 is 1.67 bits per heavy atom. The fraction of sp³-hybridized carbons (Fsp3) is 0.615. The standard InChI is InChI=1S/C13H19ClN2O2/c1-2-9-3-5-16(10(7-9)8-15)13(17)11-4-6-18-12(11)14/h4,6,9-10H,2-3,5,7-8,15H2,1H3. The Bertz CT molecular complexity index is 419. The quantitative estimate of drug-likeness (QED) is 0.918. The highest BCUT2D eigenvalue weighted by Crippen LogP contribution is 2.28. The lowest BCUT2D eigenvalue weighted by molar-refractivity contribution is 0.0558. The average molecular weight is 271 g/mol. The first-order valence-electron chi connectivity index (χ1n) is 6.41. The molecule has 1 fully saturated rings. The lowest BCUT2D eigenvalue weighted by Crippen LogP contribution is -2.49. The molecule has 18 heavy (non-hydrogen) atoms. The molecule has 0 aliphatic carbocycles. The molecular formula is C13H19ClN2O2. The molecular weight excluding hydrogens is 252 g/mol. The van der Waals surface area contributed by atoms with Crippen LogP contribution < -0.4 is 5.73 Å².